The van der Waals surface area contributed by atoms with Crippen LogP contribution in [0.1, 0.15) is 12.5 Å². The van der Waals surface area contributed by atoms with E-state index in [-0.39, 0.29) is 0 Å². The Kier molecular flexibility index (Phi) is 2.71. The highest BCUT2D eigenvalue weighted by molar-refractivity contribution is 5.43. The Hall–Kier alpha value is -1.75. The molecule has 0 aromatic heterocycles. The molecule has 2 heteroatoms. The van der Waals surface area contributed by atoms with E-state index in [2.05, 4.69) is 5.92 Å². The molecule has 0 fully saturated rings. The molecule has 0 amide bonds. The molecule has 2 nitrogen and oxygen atoms in total. The van der Waals surface area contributed by atoms with E-state index in [4.69, 9.17) is 11.2 Å². The van der Waals surface area contributed by atoms with Crippen molar-refractivity contribution in [2.24, 2.45) is 0 Å². The molecule has 0 saturated heterocycles. The van der Waals surface area contributed by atoms with Crippen molar-refractivity contribution in [1.82, 2.24) is 0 Å². The van der Waals surface area contributed by atoms with Crippen molar-refractivity contribution < 1.29 is 9.53 Å². The fourth-order valence-electron chi connectivity index (χ4n) is 1.04. The van der Waals surface area contributed by atoms with Crippen LogP contribution in [0.2, 0.25) is 0 Å². The highest BCUT2D eigenvalue weighted by Gasteiger charge is 2.24. The van der Waals surface area contributed by atoms with Gasteiger partial charge in [-0.15, -0.1) is 6.42 Å². The summed E-state index contributed by atoms with van der Waals surface area (Å²) in [6.45, 7) is 2.05. The maximum atomic E-state index is 10.2. The molecule has 13 heavy (non-hydrogen) atoms. The molecule has 1 rings (SSSR count). The summed E-state index contributed by atoms with van der Waals surface area (Å²) >= 11 is 0. The maximum Gasteiger partial charge on any atom is 0.294 e. The minimum atomic E-state index is -0.955. The lowest BCUT2D eigenvalue weighted by Gasteiger charge is -2.21. The van der Waals surface area contributed by atoms with Crippen LogP contribution < -0.4 is 0 Å². The highest BCUT2D eigenvalue weighted by Crippen LogP contribution is 2.22. The second-order valence-electron chi connectivity index (χ2n) is 2.76. The molecule has 1 unspecified atom stereocenters. The Morgan fingerprint density at radius 3 is 2.54 bits per heavy atom. The van der Waals surface area contributed by atoms with E-state index >= 15 is 0 Å². The largest absolute Gasteiger partial charge is 0.444 e. The molecular formula is C11H10O2. The number of hydrogen-bond acceptors (Lipinski definition) is 2. The van der Waals surface area contributed by atoms with Gasteiger partial charge in [-0.05, 0) is 6.92 Å². The maximum absolute atomic E-state index is 10.2. The second kappa shape index (κ2) is 3.77. The normalized spacial score (nSPS) is 13.8. The van der Waals surface area contributed by atoms with Crippen molar-refractivity contribution in [2.45, 2.75) is 12.5 Å². The van der Waals surface area contributed by atoms with Crippen LogP contribution in [0.5, 0.6) is 0 Å². The van der Waals surface area contributed by atoms with E-state index in [1.165, 1.54) is 0 Å². The highest BCUT2D eigenvalue weighted by atomic mass is 16.5. The smallest absolute Gasteiger partial charge is 0.294 e. The summed E-state index contributed by atoms with van der Waals surface area (Å²) in [5.74, 6) is 2.44. The van der Waals surface area contributed by atoms with Gasteiger partial charge in [0, 0.05) is 5.56 Å². The lowest BCUT2D eigenvalue weighted by Crippen LogP contribution is -2.22. The van der Waals surface area contributed by atoms with Crippen LogP contribution in [-0.4, -0.2) is 6.47 Å². The summed E-state index contributed by atoms with van der Waals surface area (Å²) in [5, 5.41) is 0. The van der Waals surface area contributed by atoms with Crippen LogP contribution in [0.15, 0.2) is 30.3 Å². The fourth-order valence-corrected chi connectivity index (χ4v) is 1.04. The Morgan fingerprint density at radius 1 is 1.46 bits per heavy atom. The summed E-state index contributed by atoms with van der Waals surface area (Å²) in [4.78, 5) is 10.2. The van der Waals surface area contributed by atoms with Crippen LogP contribution in [0.3, 0.4) is 0 Å². The van der Waals surface area contributed by atoms with Gasteiger partial charge in [0.2, 0.25) is 0 Å². The number of carbonyl (C=O) groups is 1. The predicted octanol–water partition coefficient (Wildman–Crippen LogP) is 1.71. The van der Waals surface area contributed by atoms with E-state index in [9.17, 15) is 4.79 Å². The molecule has 0 aliphatic heterocycles. The van der Waals surface area contributed by atoms with Crippen LogP contribution in [0, 0.1) is 12.3 Å². The van der Waals surface area contributed by atoms with Crippen molar-refractivity contribution in [2.75, 3.05) is 0 Å². The Labute approximate surface area is 77.5 Å². The molecule has 0 bridgehead atoms. The number of hydrogen-bond donors (Lipinski definition) is 0. The quantitative estimate of drug-likeness (QED) is 0.515. The topological polar surface area (TPSA) is 26.3 Å². The molecule has 66 valence electrons. The Bertz CT molecular complexity index is 324. The lowest BCUT2D eigenvalue weighted by atomic mass is 9.97. The molecule has 0 radical (unpaired) electrons. The van der Waals surface area contributed by atoms with E-state index in [0.717, 1.165) is 5.56 Å². The summed E-state index contributed by atoms with van der Waals surface area (Å²) in [5.41, 5.74) is -0.159. The molecule has 0 saturated carbocycles. The van der Waals surface area contributed by atoms with Gasteiger partial charge in [-0.1, -0.05) is 36.3 Å². The number of benzene rings is 1. The minimum Gasteiger partial charge on any atom is -0.444 e. The SMILES string of the molecule is C#CC(C)(OC=O)c1ccccc1. The standard InChI is InChI=1S/C11H10O2/c1-3-11(2,13-9-12)10-7-5-4-6-8-10/h1,4-9H,2H3. The zero-order chi connectivity index (χ0) is 9.73. The average Bonchev–Trinajstić information content (AvgIpc) is 2.19. The zero-order valence-electron chi connectivity index (χ0n) is 7.36. The van der Waals surface area contributed by atoms with Gasteiger partial charge in [0.15, 0.2) is 5.60 Å². The van der Waals surface area contributed by atoms with E-state index in [1.807, 2.05) is 30.3 Å². The van der Waals surface area contributed by atoms with Gasteiger partial charge in [0.25, 0.3) is 6.47 Å². The second-order valence-corrected chi connectivity index (χ2v) is 2.76. The molecule has 0 aliphatic carbocycles. The third kappa shape index (κ3) is 1.88. The first-order valence-electron chi connectivity index (χ1n) is 3.87. The van der Waals surface area contributed by atoms with Gasteiger partial charge in [-0.3, -0.25) is 4.79 Å². The minimum absolute atomic E-state index is 0.368. The molecule has 0 heterocycles. The van der Waals surface area contributed by atoms with Crippen molar-refractivity contribution >= 4 is 6.47 Å². The monoisotopic (exact) mass is 174 g/mol. The first kappa shape index (κ1) is 9.34. The van der Waals surface area contributed by atoms with Crippen molar-refractivity contribution in [3.05, 3.63) is 35.9 Å². The van der Waals surface area contributed by atoms with Gasteiger partial charge in [0.1, 0.15) is 0 Å². The molecule has 0 spiro atoms. The number of ether oxygens (including phenoxy) is 1. The van der Waals surface area contributed by atoms with Crippen LogP contribution in [-0.2, 0) is 15.1 Å². The molecular weight excluding hydrogens is 164 g/mol. The predicted molar refractivity (Wildman–Crippen MR) is 49.8 cm³/mol. The zero-order valence-corrected chi connectivity index (χ0v) is 7.36. The van der Waals surface area contributed by atoms with Gasteiger partial charge >= 0.3 is 0 Å². The van der Waals surface area contributed by atoms with E-state index < -0.39 is 5.60 Å². The summed E-state index contributed by atoms with van der Waals surface area (Å²) < 4.78 is 4.85. The van der Waals surface area contributed by atoms with Gasteiger partial charge in [0.05, 0.1) is 0 Å². The fraction of sp³-hybridized carbons (Fsp3) is 0.182. The first-order valence-corrected chi connectivity index (χ1v) is 3.87. The first-order chi connectivity index (χ1) is 6.23. The van der Waals surface area contributed by atoms with E-state index in [1.54, 1.807) is 6.92 Å². The average molecular weight is 174 g/mol. The molecule has 0 aliphatic rings. The summed E-state index contributed by atoms with van der Waals surface area (Å²) in [6.07, 6.45) is 5.29. The number of rotatable bonds is 3. The van der Waals surface area contributed by atoms with Crippen molar-refractivity contribution in [1.29, 1.82) is 0 Å². The summed E-state index contributed by atoms with van der Waals surface area (Å²) in [6, 6.07) is 9.21. The molecule has 1 atom stereocenters. The molecule has 0 N–H and O–H groups in total. The van der Waals surface area contributed by atoms with Crippen molar-refractivity contribution in [3.8, 4) is 12.3 Å². The lowest BCUT2D eigenvalue weighted by molar-refractivity contribution is -0.137. The number of terminal acetylenes is 1. The van der Waals surface area contributed by atoms with Crippen LogP contribution >= 0.6 is 0 Å². The Morgan fingerprint density at radius 2 is 2.08 bits per heavy atom. The summed E-state index contributed by atoms with van der Waals surface area (Å²) in [7, 11) is 0. The van der Waals surface area contributed by atoms with Gasteiger partial charge in [-0.2, -0.15) is 0 Å². The third-order valence-corrected chi connectivity index (χ3v) is 1.88. The van der Waals surface area contributed by atoms with Gasteiger partial charge < -0.3 is 4.74 Å². The third-order valence-electron chi connectivity index (χ3n) is 1.88. The molecule has 1 aromatic carbocycles. The van der Waals surface area contributed by atoms with Gasteiger partial charge in [-0.25, -0.2) is 0 Å². The van der Waals surface area contributed by atoms with E-state index in [0.29, 0.717) is 6.47 Å². The Balaban J connectivity index is 3.04. The van der Waals surface area contributed by atoms with Crippen molar-refractivity contribution in [3.63, 3.8) is 0 Å². The molecule has 1 aromatic rings. The number of carbonyl (C=O) groups excluding carboxylic acids is 1. The van der Waals surface area contributed by atoms with Crippen LogP contribution in [0.25, 0.3) is 0 Å². The van der Waals surface area contributed by atoms with Crippen LogP contribution in [0.4, 0.5) is 0 Å².